The van der Waals surface area contributed by atoms with Crippen molar-refractivity contribution in [1.82, 2.24) is 0 Å². The summed E-state index contributed by atoms with van der Waals surface area (Å²) in [6.07, 6.45) is 0. The fraction of sp³-hybridized carbons (Fsp3) is 0.417. The molecular formula is C12H15FO3S. The summed E-state index contributed by atoms with van der Waals surface area (Å²) < 4.78 is 29.6. The number of carbonyl (C=O) groups is 1. The third-order valence-corrected chi connectivity index (χ3v) is 3.73. The number of ether oxygens (including phenoxy) is 1. The number of carbonyl (C=O) groups excluding carboxylic acids is 1. The largest absolute Gasteiger partial charge is 0.466 e. The second-order valence-electron chi connectivity index (χ2n) is 3.62. The van der Waals surface area contributed by atoms with Gasteiger partial charge in [0.2, 0.25) is 0 Å². The molecule has 1 aromatic rings. The highest BCUT2D eigenvalue weighted by Gasteiger charge is 2.18. The van der Waals surface area contributed by atoms with Gasteiger partial charge in [-0.3, -0.25) is 9.00 Å². The first-order chi connectivity index (χ1) is 8.04. The first-order valence-corrected chi connectivity index (χ1v) is 6.67. The lowest BCUT2D eigenvalue weighted by Crippen LogP contribution is -2.20. The molecule has 0 aliphatic heterocycles. The highest BCUT2D eigenvalue weighted by Crippen LogP contribution is 2.12. The van der Waals surface area contributed by atoms with E-state index in [0.29, 0.717) is 11.5 Å². The zero-order chi connectivity index (χ0) is 12.8. The summed E-state index contributed by atoms with van der Waals surface area (Å²) in [6, 6.07) is 5.58. The molecule has 0 fully saturated rings. The predicted molar refractivity (Wildman–Crippen MR) is 63.5 cm³/mol. The number of esters is 1. The Kier molecular flexibility index (Phi) is 5.28. The maximum atomic E-state index is 12.9. The van der Waals surface area contributed by atoms with Crippen LogP contribution in [0.1, 0.15) is 13.8 Å². The number of rotatable bonds is 5. The van der Waals surface area contributed by atoms with Crippen LogP contribution in [0, 0.1) is 11.7 Å². The molecule has 17 heavy (non-hydrogen) atoms. The second-order valence-corrected chi connectivity index (χ2v) is 5.12. The monoisotopic (exact) mass is 258 g/mol. The summed E-state index contributed by atoms with van der Waals surface area (Å²) in [5.41, 5.74) is 0. The molecule has 3 nitrogen and oxygen atoms in total. The van der Waals surface area contributed by atoms with E-state index >= 15 is 0 Å². The number of benzene rings is 1. The lowest BCUT2D eigenvalue weighted by molar-refractivity contribution is -0.146. The second kappa shape index (κ2) is 6.49. The van der Waals surface area contributed by atoms with E-state index in [1.807, 2.05) is 0 Å². The highest BCUT2D eigenvalue weighted by molar-refractivity contribution is 7.85. The summed E-state index contributed by atoms with van der Waals surface area (Å²) in [5.74, 6) is -1.13. The first kappa shape index (κ1) is 13.8. The minimum absolute atomic E-state index is 0.141. The van der Waals surface area contributed by atoms with Crippen molar-refractivity contribution in [3.05, 3.63) is 30.1 Å². The van der Waals surface area contributed by atoms with Gasteiger partial charge in [-0.2, -0.15) is 0 Å². The standard InChI is InChI=1S/C12H15FO3S/c1-3-16-12(14)9(2)8-17(15)11-6-4-5-10(13)7-11/h4-7,9H,3,8H2,1-2H3. The van der Waals surface area contributed by atoms with Crippen LogP contribution in [0.15, 0.2) is 29.2 Å². The normalized spacial score (nSPS) is 14.1. The maximum Gasteiger partial charge on any atom is 0.309 e. The topological polar surface area (TPSA) is 43.4 Å². The van der Waals surface area contributed by atoms with Crippen molar-refractivity contribution in [1.29, 1.82) is 0 Å². The molecule has 0 amide bonds. The molecule has 0 saturated heterocycles. The van der Waals surface area contributed by atoms with Crippen molar-refractivity contribution in [2.75, 3.05) is 12.4 Å². The summed E-state index contributed by atoms with van der Waals surface area (Å²) in [5, 5.41) is 0. The third-order valence-electron chi connectivity index (χ3n) is 2.15. The number of halogens is 1. The molecule has 0 spiro atoms. The predicted octanol–water partition coefficient (Wildman–Crippen LogP) is 2.13. The van der Waals surface area contributed by atoms with E-state index in [-0.39, 0.29) is 11.7 Å². The molecule has 2 unspecified atom stereocenters. The molecule has 0 radical (unpaired) electrons. The SMILES string of the molecule is CCOC(=O)C(C)CS(=O)c1cccc(F)c1. The Morgan fingerprint density at radius 3 is 2.82 bits per heavy atom. The molecule has 5 heteroatoms. The van der Waals surface area contributed by atoms with Gasteiger partial charge in [-0.25, -0.2) is 4.39 Å². The van der Waals surface area contributed by atoms with Crippen molar-refractivity contribution in [2.24, 2.45) is 5.92 Å². The molecular weight excluding hydrogens is 243 g/mol. The van der Waals surface area contributed by atoms with Crippen LogP contribution in [-0.4, -0.2) is 22.5 Å². The molecule has 1 rings (SSSR count). The highest BCUT2D eigenvalue weighted by atomic mass is 32.2. The molecule has 0 heterocycles. The average molecular weight is 258 g/mol. The lowest BCUT2D eigenvalue weighted by Gasteiger charge is -2.10. The van der Waals surface area contributed by atoms with Crippen LogP contribution in [-0.2, 0) is 20.3 Å². The van der Waals surface area contributed by atoms with Crippen molar-refractivity contribution >= 4 is 16.8 Å². The van der Waals surface area contributed by atoms with Gasteiger partial charge in [-0.05, 0) is 25.1 Å². The molecule has 94 valence electrons. The molecule has 0 aliphatic carbocycles. The minimum atomic E-state index is -1.39. The van der Waals surface area contributed by atoms with Gasteiger partial charge in [0.15, 0.2) is 0 Å². The van der Waals surface area contributed by atoms with E-state index < -0.39 is 22.5 Å². The van der Waals surface area contributed by atoms with Gasteiger partial charge in [0.25, 0.3) is 0 Å². The maximum absolute atomic E-state index is 12.9. The molecule has 0 aliphatic rings. The van der Waals surface area contributed by atoms with E-state index in [4.69, 9.17) is 4.74 Å². The van der Waals surface area contributed by atoms with Gasteiger partial charge in [0.05, 0.1) is 23.3 Å². The summed E-state index contributed by atoms with van der Waals surface area (Å²) in [4.78, 5) is 11.7. The Hall–Kier alpha value is -1.23. The van der Waals surface area contributed by atoms with Crippen LogP contribution in [0.3, 0.4) is 0 Å². The smallest absolute Gasteiger partial charge is 0.309 e. The van der Waals surface area contributed by atoms with Crippen LogP contribution in [0.25, 0.3) is 0 Å². The quantitative estimate of drug-likeness (QED) is 0.760. The Balaban J connectivity index is 2.63. The van der Waals surface area contributed by atoms with Crippen LogP contribution < -0.4 is 0 Å². The van der Waals surface area contributed by atoms with Gasteiger partial charge in [-0.15, -0.1) is 0 Å². The summed E-state index contributed by atoms with van der Waals surface area (Å²) in [6.45, 7) is 3.67. The van der Waals surface area contributed by atoms with Crippen LogP contribution in [0.4, 0.5) is 4.39 Å². The average Bonchev–Trinajstić information content (AvgIpc) is 2.29. The van der Waals surface area contributed by atoms with Gasteiger partial charge in [-0.1, -0.05) is 13.0 Å². The van der Waals surface area contributed by atoms with E-state index in [1.54, 1.807) is 19.9 Å². The summed E-state index contributed by atoms with van der Waals surface area (Å²) in [7, 11) is -1.39. The Labute approximate surface area is 102 Å². The van der Waals surface area contributed by atoms with Crippen LogP contribution >= 0.6 is 0 Å². The zero-order valence-electron chi connectivity index (χ0n) is 9.81. The van der Waals surface area contributed by atoms with Crippen molar-refractivity contribution in [3.8, 4) is 0 Å². The molecule has 1 aromatic carbocycles. The van der Waals surface area contributed by atoms with E-state index in [2.05, 4.69) is 0 Å². The Morgan fingerprint density at radius 1 is 1.53 bits per heavy atom. The van der Waals surface area contributed by atoms with Crippen LogP contribution in [0.5, 0.6) is 0 Å². The Bertz CT molecular complexity index is 420. The molecule has 0 aromatic heterocycles. The van der Waals surface area contributed by atoms with E-state index in [0.717, 1.165) is 0 Å². The fourth-order valence-corrected chi connectivity index (χ4v) is 2.54. The van der Waals surface area contributed by atoms with Gasteiger partial charge >= 0.3 is 5.97 Å². The molecule has 0 bridgehead atoms. The lowest BCUT2D eigenvalue weighted by atomic mass is 10.2. The van der Waals surface area contributed by atoms with Gasteiger partial charge in [0.1, 0.15) is 5.82 Å². The van der Waals surface area contributed by atoms with Crippen molar-refractivity contribution in [3.63, 3.8) is 0 Å². The van der Waals surface area contributed by atoms with Crippen molar-refractivity contribution in [2.45, 2.75) is 18.7 Å². The van der Waals surface area contributed by atoms with Crippen molar-refractivity contribution < 1.29 is 18.1 Å². The third kappa shape index (κ3) is 4.26. The fourth-order valence-electron chi connectivity index (χ4n) is 1.28. The first-order valence-electron chi connectivity index (χ1n) is 5.35. The summed E-state index contributed by atoms with van der Waals surface area (Å²) >= 11 is 0. The minimum Gasteiger partial charge on any atom is -0.466 e. The number of hydrogen-bond donors (Lipinski definition) is 0. The van der Waals surface area contributed by atoms with Crippen LogP contribution in [0.2, 0.25) is 0 Å². The van der Waals surface area contributed by atoms with E-state index in [9.17, 15) is 13.4 Å². The zero-order valence-corrected chi connectivity index (χ0v) is 10.6. The van der Waals surface area contributed by atoms with Gasteiger partial charge in [0, 0.05) is 10.6 Å². The molecule has 0 saturated carbocycles. The Morgan fingerprint density at radius 2 is 2.24 bits per heavy atom. The van der Waals surface area contributed by atoms with Gasteiger partial charge < -0.3 is 4.74 Å². The number of hydrogen-bond acceptors (Lipinski definition) is 3. The molecule has 0 N–H and O–H groups in total. The molecule has 2 atom stereocenters. The van der Waals surface area contributed by atoms with E-state index in [1.165, 1.54) is 18.2 Å².